The van der Waals surface area contributed by atoms with Crippen LogP contribution in [-0.2, 0) is 4.74 Å². The van der Waals surface area contributed by atoms with E-state index >= 15 is 0 Å². The van der Waals surface area contributed by atoms with Crippen molar-refractivity contribution < 1.29 is 14.3 Å². The molecule has 0 radical (unpaired) electrons. The number of rotatable bonds is 5. The fourth-order valence-electron chi connectivity index (χ4n) is 1.58. The predicted molar refractivity (Wildman–Crippen MR) is 83.2 cm³/mol. The van der Waals surface area contributed by atoms with Gasteiger partial charge < -0.3 is 14.8 Å². The third kappa shape index (κ3) is 5.74. The van der Waals surface area contributed by atoms with Crippen LogP contribution in [0.15, 0.2) is 24.3 Å². The molecular formula is C15H23NO3S. The fraction of sp³-hybridized carbons (Fsp3) is 0.533. The van der Waals surface area contributed by atoms with Crippen molar-refractivity contribution in [3.63, 3.8) is 0 Å². The maximum Gasteiger partial charge on any atom is 0.408 e. The number of carbonyl (C=O) groups is 1. The van der Waals surface area contributed by atoms with Crippen LogP contribution in [0.25, 0.3) is 0 Å². The van der Waals surface area contributed by atoms with Gasteiger partial charge in [0.25, 0.3) is 0 Å². The monoisotopic (exact) mass is 297 g/mol. The largest absolute Gasteiger partial charge is 0.497 e. The summed E-state index contributed by atoms with van der Waals surface area (Å²) in [6.07, 6.45) is -0.403. The third-order valence-corrected chi connectivity index (χ3v) is 3.46. The highest BCUT2D eigenvalue weighted by atomic mass is 32.2. The van der Waals surface area contributed by atoms with E-state index in [9.17, 15) is 4.79 Å². The summed E-state index contributed by atoms with van der Waals surface area (Å²) in [5.41, 5.74) is 0.523. The zero-order chi connectivity index (χ0) is 15.2. The summed E-state index contributed by atoms with van der Waals surface area (Å²) < 4.78 is 10.4. The molecule has 1 aromatic carbocycles. The maximum atomic E-state index is 11.9. The van der Waals surface area contributed by atoms with Crippen LogP contribution in [0.3, 0.4) is 0 Å². The molecule has 1 amide bonds. The number of amides is 1. The summed E-state index contributed by atoms with van der Waals surface area (Å²) in [5.74, 6) is 1.69. The van der Waals surface area contributed by atoms with Crippen molar-refractivity contribution in [2.45, 2.75) is 38.7 Å². The first-order valence-electron chi connectivity index (χ1n) is 6.60. The van der Waals surface area contributed by atoms with Crippen molar-refractivity contribution in [2.24, 2.45) is 0 Å². The van der Waals surface area contributed by atoms with Crippen molar-refractivity contribution in [3.05, 3.63) is 29.8 Å². The Morgan fingerprint density at radius 2 is 1.90 bits per heavy atom. The molecule has 0 fully saturated rings. The standard InChI is InChI=1S/C15H23NO3S/c1-6-20-13(16-14(17)19-15(2,3)4)11-7-9-12(18-5)10-8-11/h7-10,13H,6H2,1-5H3,(H,16,17). The fourth-order valence-corrected chi connectivity index (χ4v) is 2.44. The van der Waals surface area contributed by atoms with E-state index in [1.54, 1.807) is 18.9 Å². The number of methoxy groups -OCH3 is 1. The molecule has 1 rings (SSSR count). The number of hydrogen-bond donors (Lipinski definition) is 1. The molecule has 0 spiro atoms. The molecule has 0 aromatic heterocycles. The van der Waals surface area contributed by atoms with Crippen molar-refractivity contribution >= 4 is 17.9 Å². The lowest BCUT2D eigenvalue weighted by molar-refractivity contribution is 0.0521. The minimum Gasteiger partial charge on any atom is -0.497 e. The van der Waals surface area contributed by atoms with Crippen molar-refractivity contribution in [2.75, 3.05) is 12.9 Å². The molecule has 0 bridgehead atoms. The molecule has 1 unspecified atom stereocenters. The first-order chi connectivity index (χ1) is 9.35. The molecule has 0 saturated carbocycles. The quantitative estimate of drug-likeness (QED) is 0.835. The Balaban J connectivity index is 2.74. The normalized spacial score (nSPS) is 12.7. The highest BCUT2D eigenvalue weighted by molar-refractivity contribution is 7.99. The molecule has 0 saturated heterocycles. The zero-order valence-electron chi connectivity index (χ0n) is 12.7. The molecule has 0 heterocycles. The molecule has 0 aliphatic carbocycles. The molecule has 0 aliphatic heterocycles. The summed E-state index contributed by atoms with van der Waals surface area (Å²) in [6.45, 7) is 7.60. The van der Waals surface area contributed by atoms with Gasteiger partial charge in [0.1, 0.15) is 16.7 Å². The van der Waals surface area contributed by atoms with Crippen LogP contribution in [0.1, 0.15) is 38.6 Å². The van der Waals surface area contributed by atoms with Gasteiger partial charge in [-0.2, -0.15) is 0 Å². The Kier molecular flexibility index (Phi) is 6.20. The van der Waals surface area contributed by atoms with Gasteiger partial charge in [-0.1, -0.05) is 19.1 Å². The molecule has 20 heavy (non-hydrogen) atoms. The zero-order valence-corrected chi connectivity index (χ0v) is 13.5. The Hall–Kier alpha value is -1.36. The summed E-state index contributed by atoms with van der Waals surface area (Å²) in [4.78, 5) is 11.9. The van der Waals surface area contributed by atoms with Gasteiger partial charge in [0.2, 0.25) is 0 Å². The van der Waals surface area contributed by atoms with Crippen LogP contribution in [0.2, 0.25) is 0 Å². The van der Waals surface area contributed by atoms with Gasteiger partial charge in [0.05, 0.1) is 7.11 Å². The van der Waals surface area contributed by atoms with Gasteiger partial charge >= 0.3 is 6.09 Å². The lowest BCUT2D eigenvalue weighted by Crippen LogP contribution is -2.34. The highest BCUT2D eigenvalue weighted by Gasteiger charge is 2.20. The number of carbonyl (C=O) groups excluding carboxylic acids is 1. The number of nitrogens with one attached hydrogen (secondary N) is 1. The summed E-state index contributed by atoms with van der Waals surface area (Å²) in [7, 11) is 1.63. The van der Waals surface area contributed by atoms with Crippen LogP contribution >= 0.6 is 11.8 Å². The average Bonchev–Trinajstić information content (AvgIpc) is 2.36. The van der Waals surface area contributed by atoms with E-state index in [0.717, 1.165) is 17.1 Å². The van der Waals surface area contributed by atoms with Crippen molar-refractivity contribution in [1.29, 1.82) is 0 Å². The van der Waals surface area contributed by atoms with Gasteiger partial charge in [0.15, 0.2) is 0 Å². The predicted octanol–water partition coefficient (Wildman–Crippen LogP) is 3.97. The van der Waals surface area contributed by atoms with Crippen LogP contribution in [0, 0.1) is 0 Å². The molecule has 4 nitrogen and oxygen atoms in total. The molecular weight excluding hydrogens is 274 g/mol. The molecule has 1 aromatic rings. The SMILES string of the molecule is CCSC(NC(=O)OC(C)(C)C)c1ccc(OC)cc1. The van der Waals surface area contributed by atoms with E-state index in [0.29, 0.717) is 0 Å². The summed E-state index contributed by atoms with van der Waals surface area (Å²) in [6, 6.07) is 7.66. The van der Waals surface area contributed by atoms with Gasteiger partial charge in [-0.25, -0.2) is 4.79 Å². The number of hydrogen-bond acceptors (Lipinski definition) is 4. The van der Waals surface area contributed by atoms with E-state index in [4.69, 9.17) is 9.47 Å². The van der Waals surface area contributed by atoms with E-state index in [2.05, 4.69) is 12.2 Å². The highest BCUT2D eigenvalue weighted by Crippen LogP contribution is 2.27. The smallest absolute Gasteiger partial charge is 0.408 e. The minimum atomic E-state index is -0.495. The van der Waals surface area contributed by atoms with Gasteiger partial charge in [-0.3, -0.25) is 0 Å². The molecule has 5 heteroatoms. The van der Waals surface area contributed by atoms with E-state index in [1.165, 1.54) is 0 Å². The lowest BCUT2D eigenvalue weighted by Gasteiger charge is -2.23. The average molecular weight is 297 g/mol. The Morgan fingerprint density at radius 1 is 1.30 bits per heavy atom. The topological polar surface area (TPSA) is 47.6 Å². The van der Waals surface area contributed by atoms with Crippen LogP contribution in [0.5, 0.6) is 5.75 Å². The minimum absolute atomic E-state index is 0.124. The van der Waals surface area contributed by atoms with Crippen LogP contribution in [0.4, 0.5) is 4.79 Å². The van der Waals surface area contributed by atoms with E-state index < -0.39 is 11.7 Å². The lowest BCUT2D eigenvalue weighted by atomic mass is 10.2. The van der Waals surface area contributed by atoms with E-state index in [1.807, 2.05) is 45.0 Å². The Bertz CT molecular complexity index is 426. The second-order valence-electron chi connectivity index (χ2n) is 5.25. The first kappa shape index (κ1) is 16.7. The summed E-state index contributed by atoms with van der Waals surface area (Å²) in [5, 5.41) is 2.76. The number of alkyl carbamates (subject to hydrolysis) is 1. The number of thioether (sulfide) groups is 1. The molecule has 112 valence electrons. The van der Waals surface area contributed by atoms with Crippen LogP contribution < -0.4 is 10.1 Å². The first-order valence-corrected chi connectivity index (χ1v) is 7.65. The third-order valence-electron chi connectivity index (χ3n) is 2.40. The van der Waals surface area contributed by atoms with Gasteiger partial charge in [-0.15, -0.1) is 11.8 Å². The summed E-state index contributed by atoms with van der Waals surface area (Å²) >= 11 is 1.64. The maximum absolute atomic E-state index is 11.9. The van der Waals surface area contributed by atoms with Crippen LogP contribution in [-0.4, -0.2) is 24.6 Å². The van der Waals surface area contributed by atoms with Gasteiger partial charge in [-0.05, 0) is 44.2 Å². The number of benzene rings is 1. The molecule has 1 atom stereocenters. The number of ether oxygens (including phenoxy) is 2. The Morgan fingerprint density at radius 3 is 2.35 bits per heavy atom. The second-order valence-corrected chi connectivity index (χ2v) is 6.64. The van der Waals surface area contributed by atoms with Crippen molar-refractivity contribution in [3.8, 4) is 5.75 Å². The molecule has 0 aliphatic rings. The second kappa shape index (κ2) is 7.43. The molecule has 1 N–H and O–H groups in total. The Labute approximate surface area is 125 Å². The van der Waals surface area contributed by atoms with Gasteiger partial charge in [0, 0.05) is 0 Å². The van der Waals surface area contributed by atoms with Crippen molar-refractivity contribution in [1.82, 2.24) is 5.32 Å². The van der Waals surface area contributed by atoms with E-state index in [-0.39, 0.29) is 5.37 Å².